The number of carbonyl (C=O) groups is 1. The van der Waals surface area contributed by atoms with E-state index in [1.54, 1.807) is 30.5 Å². The Labute approximate surface area is 153 Å². The highest BCUT2D eigenvalue weighted by Crippen LogP contribution is 2.13. The molecule has 2 aromatic heterocycles. The Morgan fingerprint density at radius 2 is 1.88 bits per heavy atom. The first-order chi connectivity index (χ1) is 12.7. The van der Waals surface area contributed by atoms with E-state index in [2.05, 4.69) is 15.3 Å². The van der Waals surface area contributed by atoms with E-state index in [-0.39, 0.29) is 5.91 Å². The molecule has 0 radical (unpaired) electrons. The SMILES string of the molecule is Cc1ccc(CCNC(=O)c2ccc(OCc3ccccn3)cc2)cn1. The van der Waals surface area contributed by atoms with Crippen molar-refractivity contribution in [2.45, 2.75) is 20.0 Å². The molecule has 3 rings (SSSR count). The third-order valence-corrected chi connectivity index (χ3v) is 3.90. The number of hydrogen-bond acceptors (Lipinski definition) is 4. The van der Waals surface area contributed by atoms with Crippen molar-refractivity contribution in [3.8, 4) is 5.75 Å². The average Bonchev–Trinajstić information content (AvgIpc) is 2.69. The molecular weight excluding hydrogens is 326 g/mol. The van der Waals surface area contributed by atoms with Crippen molar-refractivity contribution in [2.24, 2.45) is 0 Å². The summed E-state index contributed by atoms with van der Waals surface area (Å²) in [7, 11) is 0. The van der Waals surface area contributed by atoms with Crippen LogP contribution in [0.3, 0.4) is 0 Å². The van der Waals surface area contributed by atoms with Gasteiger partial charge < -0.3 is 10.1 Å². The summed E-state index contributed by atoms with van der Waals surface area (Å²) in [5.41, 5.74) is 3.56. The van der Waals surface area contributed by atoms with Gasteiger partial charge in [0, 0.05) is 30.2 Å². The number of hydrogen-bond donors (Lipinski definition) is 1. The third-order valence-electron chi connectivity index (χ3n) is 3.90. The molecule has 2 heterocycles. The lowest BCUT2D eigenvalue weighted by atomic mass is 10.2. The van der Waals surface area contributed by atoms with Crippen LogP contribution in [0.1, 0.15) is 27.3 Å². The Hall–Kier alpha value is -3.21. The summed E-state index contributed by atoms with van der Waals surface area (Å²) in [5.74, 6) is 0.610. The van der Waals surface area contributed by atoms with Gasteiger partial charge in [-0.05, 0) is 61.4 Å². The zero-order valence-corrected chi connectivity index (χ0v) is 14.7. The van der Waals surface area contributed by atoms with Gasteiger partial charge in [-0.3, -0.25) is 14.8 Å². The van der Waals surface area contributed by atoms with Gasteiger partial charge in [-0.25, -0.2) is 0 Å². The molecule has 1 N–H and O–H groups in total. The molecule has 5 heteroatoms. The maximum absolute atomic E-state index is 12.2. The smallest absolute Gasteiger partial charge is 0.251 e. The summed E-state index contributed by atoms with van der Waals surface area (Å²) >= 11 is 0. The van der Waals surface area contributed by atoms with Gasteiger partial charge in [0.25, 0.3) is 5.91 Å². The highest BCUT2D eigenvalue weighted by molar-refractivity contribution is 5.94. The standard InChI is InChI=1S/C21H21N3O2/c1-16-5-6-17(14-24-16)11-13-23-21(25)18-7-9-20(10-8-18)26-15-19-4-2-3-12-22-19/h2-10,12,14H,11,13,15H2,1H3,(H,23,25). The molecule has 0 atom stereocenters. The largest absolute Gasteiger partial charge is 0.487 e. The Kier molecular flexibility index (Phi) is 5.93. The number of rotatable bonds is 7. The molecule has 26 heavy (non-hydrogen) atoms. The second kappa shape index (κ2) is 8.76. The zero-order chi connectivity index (χ0) is 18.2. The fourth-order valence-electron chi connectivity index (χ4n) is 2.41. The van der Waals surface area contributed by atoms with Crippen LogP contribution in [-0.4, -0.2) is 22.4 Å². The lowest BCUT2D eigenvalue weighted by Gasteiger charge is -2.08. The second-order valence-electron chi connectivity index (χ2n) is 5.95. The number of aryl methyl sites for hydroxylation is 1. The van der Waals surface area contributed by atoms with Crippen molar-refractivity contribution in [3.05, 3.63) is 89.5 Å². The summed E-state index contributed by atoms with van der Waals surface area (Å²) in [6, 6.07) is 16.8. The van der Waals surface area contributed by atoms with Crippen molar-refractivity contribution in [2.75, 3.05) is 6.54 Å². The Bertz CT molecular complexity index is 831. The van der Waals surface area contributed by atoms with Crippen molar-refractivity contribution in [1.82, 2.24) is 15.3 Å². The predicted molar refractivity (Wildman–Crippen MR) is 100 cm³/mol. The molecular formula is C21H21N3O2. The van der Waals surface area contributed by atoms with Crippen molar-refractivity contribution < 1.29 is 9.53 Å². The summed E-state index contributed by atoms with van der Waals surface area (Å²) in [4.78, 5) is 20.7. The van der Waals surface area contributed by atoms with Crippen LogP contribution in [0.4, 0.5) is 0 Å². The number of aromatic nitrogens is 2. The Morgan fingerprint density at radius 3 is 2.58 bits per heavy atom. The van der Waals surface area contributed by atoms with E-state index in [0.29, 0.717) is 24.5 Å². The van der Waals surface area contributed by atoms with Crippen LogP contribution in [0.15, 0.2) is 67.0 Å². The van der Waals surface area contributed by atoms with Gasteiger partial charge in [0.05, 0.1) is 5.69 Å². The van der Waals surface area contributed by atoms with Gasteiger partial charge in [0.15, 0.2) is 0 Å². The lowest BCUT2D eigenvalue weighted by Crippen LogP contribution is -2.25. The van der Waals surface area contributed by atoms with Crippen LogP contribution in [0.2, 0.25) is 0 Å². The molecule has 0 bridgehead atoms. The van der Waals surface area contributed by atoms with Crippen molar-refractivity contribution in [3.63, 3.8) is 0 Å². The molecule has 0 aliphatic carbocycles. The Balaban J connectivity index is 1.46. The summed E-state index contributed by atoms with van der Waals surface area (Å²) < 4.78 is 5.67. The first-order valence-corrected chi connectivity index (χ1v) is 8.53. The van der Waals surface area contributed by atoms with Gasteiger partial charge in [-0.2, -0.15) is 0 Å². The normalized spacial score (nSPS) is 10.3. The van der Waals surface area contributed by atoms with E-state index in [9.17, 15) is 4.79 Å². The maximum atomic E-state index is 12.2. The van der Waals surface area contributed by atoms with Gasteiger partial charge in [-0.1, -0.05) is 12.1 Å². The topological polar surface area (TPSA) is 64.1 Å². The van der Waals surface area contributed by atoms with E-state index >= 15 is 0 Å². The number of benzene rings is 1. The minimum Gasteiger partial charge on any atom is -0.487 e. The first kappa shape index (κ1) is 17.6. The molecule has 0 saturated carbocycles. The number of nitrogens with zero attached hydrogens (tertiary/aromatic N) is 2. The average molecular weight is 347 g/mol. The van der Waals surface area contributed by atoms with Gasteiger partial charge in [0.1, 0.15) is 12.4 Å². The maximum Gasteiger partial charge on any atom is 0.251 e. The molecule has 0 fully saturated rings. The van der Waals surface area contributed by atoms with E-state index in [1.165, 1.54) is 0 Å². The number of ether oxygens (including phenoxy) is 1. The fraction of sp³-hybridized carbons (Fsp3) is 0.190. The lowest BCUT2D eigenvalue weighted by molar-refractivity contribution is 0.0954. The number of nitrogens with one attached hydrogen (secondary N) is 1. The number of carbonyl (C=O) groups excluding carboxylic acids is 1. The quantitative estimate of drug-likeness (QED) is 0.712. The highest BCUT2D eigenvalue weighted by Gasteiger charge is 2.05. The summed E-state index contributed by atoms with van der Waals surface area (Å²) in [6.45, 7) is 2.92. The van der Waals surface area contributed by atoms with Gasteiger partial charge in [-0.15, -0.1) is 0 Å². The van der Waals surface area contributed by atoms with Crippen LogP contribution >= 0.6 is 0 Å². The minimum absolute atomic E-state index is 0.0960. The van der Waals surface area contributed by atoms with E-state index in [4.69, 9.17) is 4.74 Å². The number of pyridine rings is 2. The molecule has 0 spiro atoms. The predicted octanol–water partition coefficient (Wildman–Crippen LogP) is 3.34. The zero-order valence-electron chi connectivity index (χ0n) is 14.7. The molecule has 0 unspecified atom stereocenters. The Morgan fingerprint density at radius 1 is 1.04 bits per heavy atom. The van der Waals surface area contributed by atoms with E-state index in [1.807, 2.05) is 43.5 Å². The molecule has 3 aromatic rings. The van der Waals surface area contributed by atoms with Crippen LogP contribution in [-0.2, 0) is 13.0 Å². The number of amides is 1. The summed E-state index contributed by atoms with van der Waals surface area (Å²) in [6.07, 6.45) is 4.33. The monoisotopic (exact) mass is 347 g/mol. The summed E-state index contributed by atoms with van der Waals surface area (Å²) in [5, 5.41) is 2.92. The fourth-order valence-corrected chi connectivity index (χ4v) is 2.41. The molecule has 0 saturated heterocycles. The minimum atomic E-state index is -0.0960. The second-order valence-corrected chi connectivity index (χ2v) is 5.95. The third kappa shape index (κ3) is 5.14. The molecule has 0 aliphatic rings. The van der Waals surface area contributed by atoms with Gasteiger partial charge >= 0.3 is 0 Å². The molecule has 5 nitrogen and oxygen atoms in total. The van der Waals surface area contributed by atoms with Crippen LogP contribution in [0.25, 0.3) is 0 Å². The molecule has 1 aromatic carbocycles. The molecule has 1 amide bonds. The highest BCUT2D eigenvalue weighted by atomic mass is 16.5. The van der Waals surface area contributed by atoms with Crippen LogP contribution in [0, 0.1) is 6.92 Å². The van der Waals surface area contributed by atoms with E-state index < -0.39 is 0 Å². The first-order valence-electron chi connectivity index (χ1n) is 8.53. The van der Waals surface area contributed by atoms with E-state index in [0.717, 1.165) is 23.4 Å². The molecule has 132 valence electrons. The van der Waals surface area contributed by atoms with Crippen molar-refractivity contribution in [1.29, 1.82) is 0 Å². The van der Waals surface area contributed by atoms with Crippen molar-refractivity contribution >= 4 is 5.91 Å². The van der Waals surface area contributed by atoms with Crippen LogP contribution in [0.5, 0.6) is 5.75 Å². The van der Waals surface area contributed by atoms with Gasteiger partial charge in [0.2, 0.25) is 0 Å². The molecule has 0 aliphatic heterocycles. The van der Waals surface area contributed by atoms with Crippen LogP contribution < -0.4 is 10.1 Å².